The molecule has 0 aliphatic carbocycles. The number of likely N-dealkylation sites (N-methyl/N-ethyl adjacent to an activating group) is 1. The summed E-state index contributed by atoms with van der Waals surface area (Å²) in [6.07, 6.45) is 0. The monoisotopic (exact) mass is 296 g/mol. The lowest BCUT2D eigenvalue weighted by Gasteiger charge is -2.12. The zero-order chi connectivity index (χ0) is 14.8. The van der Waals surface area contributed by atoms with Crippen molar-refractivity contribution in [1.82, 2.24) is 9.88 Å². The lowest BCUT2D eigenvalue weighted by Crippen LogP contribution is -2.21. The molecule has 0 atom stereocenters. The van der Waals surface area contributed by atoms with Crippen LogP contribution in [-0.4, -0.2) is 37.1 Å². The second-order valence-electron chi connectivity index (χ2n) is 5.20. The maximum absolute atomic E-state index is 9.05. The highest BCUT2D eigenvalue weighted by Crippen LogP contribution is 2.33. The van der Waals surface area contributed by atoms with Crippen LogP contribution in [-0.2, 0) is 0 Å². The Balaban J connectivity index is 2.09. The summed E-state index contributed by atoms with van der Waals surface area (Å²) in [5.41, 5.74) is 1.52. The summed E-state index contributed by atoms with van der Waals surface area (Å²) in [6, 6.07) is 9.97. The predicted molar refractivity (Wildman–Crippen MR) is 88.9 cm³/mol. The molecule has 2 aromatic heterocycles. The highest BCUT2D eigenvalue weighted by Gasteiger charge is 2.10. The summed E-state index contributed by atoms with van der Waals surface area (Å²) in [7, 11) is 4.10. The molecule has 4 nitrogen and oxygen atoms in total. The normalized spacial score (nSPS) is 11.1. The van der Waals surface area contributed by atoms with Crippen LogP contribution < -0.4 is 5.32 Å². The predicted octanol–water partition coefficient (Wildman–Crippen LogP) is 3.29. The number of anilines is 1. The highest BCUT2D eigenvalue weighted by molar-refractivity contribution is 7.18. The Bertz CT molecular complexity index is 829. The van der Waals surface area contributed by atoms with Gasteiger partial charge in [0.05, 0.1) is 17.1 Å². The molecule has 0 saturated carbocycles. The van der Waals surface area contributed by atoms with Gasteiger partial charge in [0, 0.05) is 28.6 Å². The summed E-state index contributed by atoms with van der Waals surface area (Å²) in [5.74, 6) is 0.899. The molecule has 0 unspecified atom stereocenters. The number of benzene rings is 1. The zero-order valence-corrected chi connectivity index (χ0v) is 12.9. The zero-order valence-electron chi connectivity index (χ0n) is 12.1. The van der Waals surface area contributed by atoms with Crippen molar-refractivity contribution < 1.29 is 0 Å². The molecule has 3 rings (SSSR count). The van der Waals surface area contributed by atoms with Gasteiger partial charge < -0.3 is 10.2 Å². The Morgan fingerprint density at radius 1 is 1.29 bits per heavy atom. The first-order chi connectivity index (χ1) is 10.2. The van der Waals surface area contributed by atoms with Crippen molar-refractivity contribution >= 4 is 38.1 Å². The Morgan fingerprint density at radius 2 is 2.14 bits per heavy atom. The van der Waals surface area contributed by atoms with E-state index in [4.69, 9.17) is 10.2 Å². The topological polar surface area (TPSA) is 52.0 Å². The van der Waals surface area contributed by atoms with Gasteiger partial charge in [0.2, 0.25) is 0 Å². The van der Waals surface area contributed by atoms with Gasteiger partial charge in [0.25, 0.3) is 0 Å². The van der Waals surface area contributed by atoms with E-state index in [-0.39, 0.29) is 0 Å². The fraction of sp³-hybridized carbons (Fsp3) is 0.250. The van der Waals surface area contributed by atoms with Crippen molar-refractivity contribution in [2.24, 2.45) is 0 Å². The van der Waals surface area contributed by atoms with Gasteiger partial charge in [0.1, 0.15) is 5.82 Å². The molecule has 0 aliphatic rings. The van der Waals surface area contributed by atoms with Gasteiger partial charge in [-0.15, -0.1) is 11.3 Å². The summed E-state index contributed by atoms with van der Waals surface area (Å²) < 4.78 is 1.22. The molecule has 1 N–H and O–H groups in total. The maximum Gasteiger partial charge on any atom is 0.135 e. The maximum atomic E-state index is 9.05. The first kappa shape index (κ1) is 13.8. The van der Waals surface area contributed by atoms with Crippen molar-refractivity contribution in [3.63, 3.8) is 0 Å². The van der Waals surface area contributed by atoms with Crippen LogP contribution in [0.25, 0.3) is 21.0 Å². The van der Waals surface area contributed by atoms with E-state index in [1.165, 1.54) is 4.70 Å². The van der Waals surface area contributed by atoms with E-state index in [0.717, 1.165) is 35.2 Å². The van der Waals surface area contributed by atoms with Crippen LogP contribution in [0.15, 0.2) is 29.6 Å². The minimum atomic E-state index is 0.644. The van der Waals surface area contributed by atoms with Crippen LogP contribution in [0.1, 0.15) is 5.56 Å². The summed E-state index contributed by atoms with van der Waals surface area (Å²) in [6.45, 7) is 1.79. The molecule has 5 heteroatoms. The molecule has 3 aromatic rings. The number of nitrogens with one attached hydrogen (secondary N) is 1. The Labute approximate surface area is 127 Å². The van der Waals surface area contributed by atoms with E-state index < -0.39 is 0 Å². The van der Waals surface area contributed by atoms with E-state index in [9.17, 15) is 0 Å². The molecule has 0 spiro atoms. The molecule has 0 fully saturated rings. The third kappa shape index (κ3) is 2.68. The van der Waals surface area contributed by atoms with E-state index in [1.807, 2.05) is 18.2 Å². The molecular formula is C16H16N4S. The number of hydrogen-bond acceptors (Lipinski definition) is 5. The standard InChI is InChI=1S/C16H16N4S/c1-20(2)7-6-18-16-13-5-8-21-15(13)12-4-3-11(10-17)9-14(12)19-16/h3-5,8-9H,6-7H2,1-2H3,(H,18,19). The van der Waals surface area contributed by atoms with Gasteiger partial charge in [-0.05, 0) is 37.7 Å². The van der Waals surface area contributed by atoms with Gasteiger partial charge in [0.15, 0.2) is 0 Å². The SMILES string of the molecule is CN(C)CCNc1nc2cc(C#N)ccc2c2sccc12. The summed E-state index contributed by atoms with van der Waals surface area (Å²) >= 11 is 1.71. The van der Waals surface area contributed by atoms with Crippen molar-refractivity contribution in [2.75, 3.05) is 32.5 Å². The average Bonchev–Trinajstić information content (AvgIpc) is 2.96. The quantitative estimate of drug-likeness (QED) is 0.802. The molecular weight excluding hydrogens is 280 g/mol. The third-order valence-electron chi connectivity index (χ3n) is 3.38. The highest BCUT2D eigenvalue weighted by atomic mass is 32.1. The van der Waals surface area contributed by atoms with Gasteiger partial charge >= 0.3 is 0 Å². The number of fused-ring (bicyclic) bond motifs is 3. The largest absolute Gasteiger partial charge is 0.368 e. The summed E-state index contributed by atoms with van der Waals surface area (Å²) in [4.78, 5) is 6.84. The Kier molecular flexibility index (Phi) is 3.74. The second kappa shape index (κ2) is 5.68. The molecule has 0 amide bonds. The van der Waals surface area contributed by atoms with E-state index >= 15 is 0 Å². The molecule has 0 aliphatic heterocycles. The number of pyridine rings is 1. The Morgan fingerprint density at radius 3 is 2.90 bits per heavy atom. The molecule has 0 radical (unpaired) electrons. The van der Waals surface area contributed by atoms with E-state index in [2.05, 4.69) is 41.8 Å². The fourth-order valence-electron chi connectivity index (χ4n) is 2.30. The minimum Gasteiger partial charge on any atom is -0.368 e. The first-order valence-electron chi connectivity index (χ1n) is 6.78. The molecule has 0 saturated heterocycles. The lowest BCUT2D eigenvalue weighted by atomic mass is 10.1. The molecule has 0 bridgehead atoms. The van der Waals surface area contributed by atoms with E-state index in [0.29, 0.717) is 5.56 Å². The first-order valence-corrected chi connectivity index (χ1v) is 7.66. The van der Waals surface area contributed by atoms with Gasteiger partial charge in [-0.2, -0.15) is 5.26 Å². The van der Waals surface area contributed by atoms with Crippen LogP contribution in [0.2, 0.25) is 0 Å². The van der Waals surface area contributed by atoms with Crippen molar-refractivity contribution in [3.8, 4) is 6.07 Å². The minimum absolute atomic E-state index is 0.644. The lowest BCUT2D eigenvalue weighted by molar-refractivity contribution is 0.425. The third-order valence-corrected chi connectivity index (χ3v) is 4.32. The molecule has 2 heterocycles. The average molecular weight is 296 g/mol. The number of hydrogen-bond donors (Lipinski definition) is 1. The smallest absolute Gasteiger partial charge is 0.135 e. The van der Waals surface area contributed by atoms with Gasteiger partial charge in [-0.25, -0.2) is 4.98 Å². The van der Waals surface area contributed by atoms with Gasteiger partial charge in [-0.3, -0.25) is 0 Å². The number of nitriles is 1. The number of thiophene rings is 1. The fourth-order valence-corrected chi connectivity index (χ4v) is 3.23. The van der Waals surface area contributed by atoms with Crippen molar-refractivity contribution in [1.29, 1.82) is 5.26 Å². The second-order valence-corrected chi connectivity index (χ2v) is 6.11. The molecule has 1 aromatic carbocycles. The van der Waals surface area contributed by atoms with Crippen LogP contribution in [0.4, 0.5) is 5.82 Å². The number of nitrogens with zero attached hydrogens (tertiary/aromatic N) is 3. The van der Waals surface area contributed by atoms with Crippen molar-refractivity contribution in [2.45, 2.75) is 0 Å². The van der Waals surface area contributed by atoms with Gasteiger partial charge in [-0.1, -0.05) is 6.07 Å². The summed E-state index contributed by atoms with van der Waals surface area (Å²) in [5, 5.41) is 16.8. The van der Waals surface area contributed by atoms with Crippen LogP contribution in [0, 0.1) is 11.3 Å². The van der Waals surface area contributed by atoms with Crippen LogP contribution in [0.3, 0.4) is 0 Å². The Hall–Kier alpha value is -2.16. The van der Waals surface area contributed by atoms with Crippen molar-refractivity contribution in [3.05, 3.63) is 35.2 Å². The molecule has 106 valence electrons. The van der Waals surface area contributed by atoms with Crippen LogP contribution in [0.5, 0.6) is 0 Å². The van der Waals surface area contributed by atoms with E-state index in [1.54, 1.807) is 11.3 Å². The van der Waals surface area contributed by atoms with Crippen LogP contribution >= 0.6 is 11.3 Å². The number of rotatable bonds is 4. The number of aromatic nitrogens is 1. The molecule has 21 heavy (non-hydrogen) atoms.